The Labute approximate surface area is 427 Å². The molecule has 0 saturated carbocycles. The number of hydrogen-bond acceptors (Lipinski definition) is 3. The maximum absolute atomic E-state index is 11.0. The Morgan fingerprint density at radius 3 is 0.944 bits per heavy atom. The van der Waals surface area contributed by atoms with Crippen LogP contribution in [0.4, 0.5) is 0 Å². The first-order valence-electron chi connectivity index (χ1n) is 24.1. The molecule has 1 aliphatic carbocycles. The van der Waals surface area contributed by atoms with Gasteiger partial charge in [-0.25, -0.2) is 14.5 Å². The molecule has 0 atom stereocenters. The van der Waals surface area contributed by atoms with Gasteiger partial charge in [-0.1, -0.05) is 144 Å². The van der Waals surface area contributed by atoms with E-state index in [4.69, 9.17) is 19.7 Å². The Kier molecular flexibility index (Phi) is 14.3. The minimum Gasteiger partial charge on any atom is -0.265 e. The van der Waals surface area contributed by atoms with Crippen molar-refractivity contribution in [1.82, 2.24) is 4.98 Å². The zero-order valence-corrected chi connectivity index (χ0v) is 43.5. The van der Waals surface area contributed by atoms with Crippen molar-refractivity contribution in [3.05, 3.63) is 228 Å². The average Bonchev–Trinajstić information content (AvgIpc) is 3.33. The molecule has 72 heavy (non-hydrogen) atoms. The highest BCUT2D eigenvalue weighted by molar-refractivity contribution is 5.97. The lowest BCUT2D eigenvalue weighted by Gasteiger charge is -2.22. The number of allylic oxidation sites excluding steroid dienone is 2. The molecular formula is C66H60N6. The standard InChI is InChI=1S/C66H60N6/c1-63(2,3)56-28-42-20-50(36-56)55(41-68)27-43-23-51(37-57(29-43)64(4,5)6)61(70-14)33-46-25-53(39-59(31-46)66(10,11)12)62(71-15)34-45-24-52(38-58(30-45)65(7,8)9)60(69-13)32-44-21-48(47-16-18-72-19-17-47)35-49(22-44)54(26-42)40-67/h16-39H,1-12H3. The summed E-state index contributed by atoms with van der Waals surface area (Å²) in [5.41, 5.74) is 13.9. The molecule has 1 heterocycles. The molecule has 0 saturated heterocycles. The number of hydrogen-bond donors (Lipinski definition) is 0. The number of pyridine rings is 1. The highest BCUT2D eigenvalue weighted by Crippen LogP contribution is 2.38. The minimum absolute atomic E-state index is 0.291. The number of benzene rings is 5. The van der Waals surface area contributed by atoms with Gasteiger partial charge in [0.15, 0.2) is 17.1 Å². The monoisotopic (exact) mass is 936 g/mol. The molecule has 0 spiro atoms. The topological polar surface area (TPSA) is 73.5 Å². The molecule has 0 amide bonds. The van der Waals surface area contributed by atoms with Gasteiger partial charge in [-0.2, -0.15) is 10.5 Å². The Bertz CT molecular complexity index is 3500. The number of nitriles is 2. The number of nitrogens with zero attached hydrogens (tertiary/aromatic N) is 6. The predicted molar refractivity (Wildman–Crippen MR) is 301 cm³/mol. The zero-order valence-electron chi connectivity index (χ0n) is 43.5. The molecule has 1 aliphatic rings. The minimum atomic E-state index is -0.309. The molecule has 6 aromatic rings. The Morgan fingerprint density at radius 1 is 0.347 bits per heavy atom. The molecule has 1 aromatic heterocycles. The van der Waals surface area contributed by atoms with Crippen LogP contribution < -0.4 is 0 Å². The first kappa shape index (κ1) is 51.3. The third-order valence-electron chi connectivity index (χ3n) is 12.9. The molecule has 7 rings (SSSR count). The zero-order chi connectivity index (χ0) is 52.3. The maximum Gasteiger partial charge on any atom is 0.194 e. The van der Waals surface area contributed by atoms with Crippen LogP contribution in [0, 0.1) is 42.4 Å². The van der Waals surface area contributed by atoms with Gasteiger partial charge in [0.05, 0.1) is 43.0 Å². The summed E-state index contributed by atoms with van der Waals surface area (Å²) in [4.78, 5) is 16.6. The van der Waals surface area contributed by atoms with Crippen molar-refractivity contribution in [3.8, 4) is 23.3 Å². The van der Waals surface area contributed by atoms with Crippen LogP contribution in [0.25, 0.3) is 84.3 Å². The Balaban J connectivity index is 1.63. The van der Waals surface area contributed by atoms with E-state index in [-0.39, 0.29) is 21.7 Å². The summed E-state index contributed by atoms with van der Waals surface area (Å²) in [7, 11) is 0. The van der Waals surface area contributed by atoms with Gasteiger partial charge in [-0.3, -0.25) is 4.98 Å². The van der Waals surface area contributed by atoms with Crippen molar-refractivity contribution in [1.29, 1.82) is 10.5 Å². The summed E-state index contributed by atoms with van der Waals surface area (Å²) in [5, 5.41) is 22.0. The van der Waals surface area contributed by atoms with Crippen LogP contribution in [0.5, 0.6) is 0 Å². The van der Waals surface area contributed by atoms with Crippen LogP contribution >= 0.6 is 0 Å². The van der Waals surface area contributed by atoms with Gasteiger partial charge in [-0.15, -0.1) is 0 Å². The largest absolute Gasteiger partial charge is 0.265 e. The van der Waals surface area contributed by atoms with E-state index in [0.717, 1.165) is 61.2 Å². The van der Waals surface area contributed by atoms with E-state index in [1.165, 1.54) is 0 Å². The van der Waals surface area contributed by atoms with Crippen LogP contribution in [0.15, 0.2) is 116 Å². The van der Waals surface area contributed by atoms with E-state index in [2.05, 4.69) is 163 Å². The Hall–Kier alpha value is -8.60. The fourth-order valence-corrected chi connectivity index (χ4v) is 8.58. The van der Waals surface area contributed by atoms with Gasteiger partial charge in [0.25, 0.3) is 0 Å². The third-order valence-corrected chi connectivity index (χ3v) is 12.9. The lowest BCUT2D eigenvalue weighted by molar-refractivity contribution is 0.589. The van der Waals surface area contributed by atoms with E-state index >= 15 is 0 Å². The lowest BCUT2D eigenvalue weighted by atomic mass is 9.83. The van der Waals surface area contributed by atoms with E-state index in [1.807, 2.05) is 85.0 Å². The fraction of sp³-hybridized carbons (Fsp3) is 0.242. The van der Waals surface area contributed by atoms with Gasteiger partial charge in [0.1, 0.15) is 0 Å². The average molecular weight is 937 g/mol. The molecule has 6 heteroatoms. The summed E-state index contributed by atoms with van der Waals surface area (Å²) < 4.78 is 0. The fourth-order valence-electron chi connectivity index (χ4n) is 8.58. The van der Waals surface area contributed by atoms with Crippen LogP contribution in [0.2, 0.25) is 0 Å². The van der Waals surface area contributed by atoms with Crippen LogP contribution in [-0.4, -0.2) is 4.98 Å². The second-order valence-corrected chi connectivity index (χ2v) is 22.7. The first-order chi connectivity index (χ1) is 33.9. The smallest absolute Gasteiger partial charge is 0.194 e. The molecule has 10 bridgehead atoms. The van der Waals surface area contributed by atoms with Crippen molar-refractivity contribution in [2.75, 3.05) is 0 Å². The van der Waals surface area contributed by atoms with E-state index in [1.54, 1.807) is 12.4 Å². The van der Waals surface area contributed by atoms with E-state index in [0.29, 0.717) is 56.1 Å². The molecule has 6 nitrogen and oxygen atoms in total. The van der Waals surface area contributed by atoms with Gasteiger partial charge in [0, 0.05) is 12.4 Å². The van der Waals surface area contributed by atoms with Crippen LogP contribution in [-0.2, 0) is 21.7 Å². The van der Waals surface area contributed by atoms with Gasteiger partial charge >= 0.3 is 0 Å². The van der Waals surface area contributed by atoms with Crippen LogP contribution in [0.1, 0.15) is 161 Å². The van der Waals surface area contributed by atoms with E-state index < -0.39 is 0 Å². The number of fused-ring (bicyclic) bond motifs is 10. The highest BCUT2D eigenvalue weighted by atomic mass is 14.7. The van der Waals surface area contributed by atoms with Crippen molar-refractivity contribution >= 4 is 58.6 Å². The van der Waals surface area contributed by atoms with Crippen molar-refractivity contribution in [3.63, 3.8) is 0 Å². The molecule has 5 aromatic carbocycles. The quantitative estimate of drug-likeness (QED) is 0.154. The highest BCUT2D eigenvalue weighted by Gasteiger charge is 2.22. The molecule has 0 radical (unpaired) electrons. The Morgan fingerprint density at radius 2 is 0.625 bits per heavy atom. The second kappa shape index (κ2) is 20.0. The normalized spacial score (nSPS) is 13.3. The number of rotatable bonds is 1. The van der Waals surface area contributed by atoms with Gasteiger partial charge in [-0.05, 0) is 184 Å². The van der Waals surface area contributed by atoms with Crippen molar-refractivity contribution in [2.24, 2.45) is 0 Å². The van der Waals surface area contributed by atoms with Crippen molar-refractivity contribution < 1.29 is 0 Å². The van der Waals surface area contributed by atoms with Crippen LogP contribution in [0.3, 0.4) is 0 Å². The second-order valence-electron chi connectivity index (χ2n) is 22.7. The summed E-state index contributed by atoms with van der Waals surface area (Å²) in [5.74, 6) is 0. The van der Waals surface area contributed by atoms with Gasteiger partial charge in [0.2, 0.25) is 0 Å². The first-order valence-corrected chi connectivity index (χ1v) is 24.1. The molecule has 0 unspecified atom stereocenters. The molecule has 0 fully saturated rings. The molecular weight excluding hydrogens is 877 g/mol. The lowest BCUT2D eigenvalue weighted by Crippen LogP contribution is -2.12. The third kappa shape index (κ3) is 11.9. The summed E-state index contributed by atoms with van der Waals surface area (Å²) in [6, 6.07) is 39.2. The summed E-state index contributed by atoms with van der Waals surface area (Å²) in [6.07, 6.45) is 12.9. The molecule has 0 aliphatic heterocycles. The number of aromatic nitrogens is 1. The maximum atomic E-state index is 11.0. The molecule has 0 N–H and O–H groups in total. The van der Waals surface area contributed by atoms with Gasteiger partial charge < -0.3 is 0 Å². The summed E-state index contributed by atoms with van der Waals surface area (Å²) >= 11 is 0. The SMILES string of the molecule is [C-]#[N+]C1=Cc2cc(cc(-c3ccncc3)c2)C(C#N)=Cc2cc(cc(C(C)(C)C)c2)C(C#N)=Cc2cc(cc(C(C)(C)C)c2)C([N+]#[C-])=Cc2cc(cc(C(C)(C)C)c2)C([N+]#[C-])=Cc2cc1cc(C(C)(C)C)c2. The van der Waals surface area contributed by atoms with Crippen molar-refractivity contribution in [2.45, 2.75) is 105 Å². The predicted octanol–water partition coefficient (Wildman–Crippen LogP) is 17.6. The molecule has 354 valence electrons. The van der Waals surface area contributed by atoms with E-state index in [9.17, 15) is 10.5 Å². The summed E-state index contributed by atoms with van der Waals surface area (Å²) in [6.45, 7) is 51.4.